The van der Waals surface area contributed by atoms with Crippen LogP contribution < -0.4 is 15.0 Å². The SMILES string of the molecule is COc1ccc(C(=O)NCc2ccc3c(c2)CC(=O)N3C)cc1. The number of benzene rings is 2. The second kappa shape index (κ2) is 6.12. The number of likely N-dealkylation sites (N-methyl/N-ethyl adjacent to an activating group) is 1. The number of amides is 2. The van der Waals surface area contributed by atoms with E-state index in [9.17, 15) is 9.59 Å². The number of rotatable bonds is 4. The second-order valence-corrected chi connectivity index (χ2v) is 5.50. The van der Waals surface area contributed by atoms with E-state index in [-0.39, 0.29) is 11.8 Å². The van der Waals surface area contributed by atoms with Crippen LogP contribution in [0.3, 0.4) is 0 Å². The third-order valence-corrected chi connectivity index (χ3v) is 4.03. The molecule has 0 radical (unpaired) electrons. The lowest BCUT2D eigenvalue weighted by atomic mass is 10.1. The molecule has 0 spiro atoms. The van der Waals surface area contributed by atoms with E-state index in [0.29, 0.717) is 24.3 Å². The fourth-order valence-corrected chi connectivity index (χ4v) is 2.66. The first-order valence-corrected chi connectivity index (χ1v) is 7.39. The number of methoxy groups -OCH3 is 1. The van der Waals surface area contributed by atoms with Crippen molar-refractivity contribution in [2.75, 3.05) is 19.1 Å². The average Bonchev–Trinajstić information content (AvgIpc) is 2.86. The number of nitrogens with zero attached hydrogens (tertiary/aromatic N) is 1. The van der Waals surface area contributed by atoms with Crippen molar-refractivity contribution in [1.29, 1.82) is 0 Å². The van der Waals surface area contributed by atoms with E-state index in [0.717, 1.165) is 16.8 Å². The van der Waals surface area contributed by atoms with Crippen LogP contribution in [-0.4, -0.2) is 26.0 Å². The summed E-state index contributed by atoms with van der Waals surface area (Å²) < 4.78 is 5.07. The summed E-state index contributed by atoms with van der Waals surface area (Å²) in [6, 6.07) is 12.8. The Morgan fingerprint density at radius 3 is 2.65 bits per heavy atom. The molecule has 118 valence electrons. The molecule has 23 heavy (non-hydrogen) atoms. The maximum atomic E-state index is 12.1. The van der Waals surface area contributed by atoms with Crippen molar-refractivity contribution in [3.8, 4) is 5.75 Å². The molecule has 1 heterocycles. The number of fused-ring (bicyclic) bond motifs is 1. The summed E-state index contributed by atoms with van der Waals surface area (Å²) in [5.74, 6) is 0.676. The Morgan fingerprint density at radius 2 is 1.96 bits per heavy atom. The van der Waals surface area contributed by atoms with Crippen molar-refractivity contribution < 1.29 is 14.3 Å². The molecule has 3 rings (SSSR count). The van der Waals surface area contributed by atoms with Crippen molar-refractivity contribution in [3.05, 3.63) is 59.2 Å². The minimum absolute atomic E-state index is 0.0967. The highest BCUT2D eigenvalue weighted by atomic mass is 16.5. The highest BCUT2D eigenvalue weighted by molar-refractivity contribution is 6.01. The van der Waals surface area contributed by atoms with Crippen LogP contribution in [0.25, 0.3) is 0 Å². The monoisotopic (exact) mass is 310 g/mol. The van der Waals surface area contributed by atoms with Crippen molar-refractivity contribution in [3.63, 3.8) is 0 Å². The van der Waals surface area contributed by atoms with Crippen LogP contribution >= 0.6 is 0 Å². The van der Waals surface area contributed by atoms with Crippen molar-refractivity contribution in [2.24, 2.45) is 0 Å². The summed E-state index contributed by atoms with van der Waals surface area (Å²) >= 11 is 0. The van der Waals surface area contributed by atoms with Gasteiger partial charge in [0, 0.05) is 24.8 Å². The zero-order chi connectivity index (χ0) is 16.4. The molecule has 2 aromatic rings. The molecule has 0 saturated carbocycles. The predicted octanol–water partition coefficient (Wildman–Crippen LogP) is 2.14. The fourth-order valence-electron chi connectivity index (χ4n) is 2.66. The molecular formula is C18H18N2O3. The van der Waals surface area contributed by atoms with E-state index in [1.165, 1.54) is 0 Å². The number of carbonyl (C=O) groups excluding carboxylic acids is 2. The van der Waals surface area contributed by atoms with Gasteiger partial charge in [-0.15, -0.1) is 0 Å². The summed E-state index contributed by atoms with van der Waals surface area (Å²) in [6.07, 6.45) is 0.423. The summed E-state index contributed by atoms with van der Waals surface area (Å²) in [7, 11) is 3.37. The van der Waals surface area contributed by atoms with E-state index in [1.54, 1.807) is 43.3 Å². The minimum atomic E-state index is -0.138. The van der Waals surface area contributed by atoms with Gasteiger partial charge in [-0.25, -0.2) is 0 Å². The molecule has 5 nitrogen and oxygen atoms in total. The van der Waals surface area contributed by atoms with Gasteiger partial charge < -0.3 is 15.0 Å². The smallest absolute Gasteiger partial charge is 0.251 e. The number of hydrogen-bond acceptors (Lipinski definition) is 3. The Kier molecular flexibility index (Phi) is 4.02. The normalized spacial score (nSPS) is 13.0. The predicted molar refractivity (Wildman–Crippen MR) is 87.7 cm³/mol. The molecule has 0 fully saturated rings. The maximum Gasteiger partial charge on any atom is 0.251 e. The van der Waals surface area contributed by atoms with Crippen molar-refractivity contribution in [1.82, 2.24) is 5.32 Å². The standard InChI is InChI=1S/C18H18N2O3/c1-20-16-8-3-12(9-14(16)10-17(20)21)11-19-18(22)13-4-6-15(23-2)7-5-13/h3-9H,10-11H2,1-2H3,(H,19,22). The second-order valence-electron chi connectivity index (χ2n) is 5.50. The first-order valence-electron chi connectivity index (χ1n) is 7.39. The van der Waals surface area contributed by atoms with Gasteiger partial charge in [-0.2, -0.15) is 0 Å². The van der Waals surface area contributed by atoms with Crippen LogP contribution in [0.15, 0.2) is 42.5 Å². The van der Waals surface area contributed by atoms with Crippen molar-refractivity contribution >= 4 is 17.5 Å². The zero-order valence-electron chi connectivity index (χ0n) is 13.1. The highest BCUT2D eigenvalue weighted by Gasteiger charge is 2.23. The molecule has 5 heteroatoms. The van der Waals surface area contributed by atoms with Crippen LogP contribution in [-0.2, 0) is 17.8 Å². The molecular weight excluding hydrogens is 292 g/mol. The molecule has 1 aliphatic rings. The maximum absolute atomic E-state index is 12.1. The van der Waals surface area contributed by atoms with Crippen LogP contribution in [0.4, 0.5) is 5.69 Å². The van der Waals surface area contributed by atoms with Crippen molar-refractivity contribution in [2.45, 2.75) is 13.0 Å². The van der Waals surface area contributed by atoms with Crippen LogP contribution in [0.2, 0.25) is 0 Å². The number of nitrogens with one attached hydrogen (secondary N) is 1. The summed E-state index contributed by atoms with van der Waals surface area (Å²) in [5, 5.41) is 2.89. The molecule has 0 aliphatic carbocycles. The fraction of sp³-hybridized carbons (Fsp3) is 0.222. The summed E-state index contributed by atoms with van der Waals surface area (Å²) in [6.45, 7) is 0.427. The summed E-state index contributed by atoms with van der Waals surface area (Å²) in [4.78, 5) is 25.5. The Bertz CT molecular complexity index is 753. The van der Waals surface area contributed by atoms with Crippen LogP contribution in [0.5, 0.6) is 5.75 Å². The minimum Gasteiger partial charge on any atom is -0.497 e. The molecule has 0 aromatic heterocycles. The van der Waals surface area contributed by atoms with Gasteiger partial charge in [-0.1, -0.05) is 12.1 Å². The van der Waals surface area contributed by atoms with E-state index in [1.807, 2.05) is 18.2 Å². The highest BCUT2D eigenvalue weighted by Crippen LogP contribution is 2.28. The molecule has 0 unspecified atom stereocenters. The van der Waals surface area contributed by atoms with Gasteiger partial charge in [-0.3, -0.25) is 9.59 Å². The molecule has 0 saturated heterocycles. The molecule has 1 N–H and O–H groups in total. The lowest BCUT2D eigenvalue weighted by Gasteiger charge is -2.11. The van der Waals surface area contributed by atoms with Gasteiger partial charge in [0.15, 0.2) is 0 Å². The number of ether oxygens (including phenoxy) is 1. The molecule has 0 atom stereocenters. The summed E-state index contributed by atoms with van der Waals surface area (Å²) in [5.41, 5.74) is 3.52. The first kappa shape index (κ1) is 15.1. The molecule has 2 amide bonds. The quantitative estimate of drug-likeness (QED) is 0.941. The van der Waals surface area contributed by atoms with Gasteiger partial charge in [0.1, 0.15) is 5.75 Å². The lowest BCUT2D eigenvalue weighted by molar-refractivity contribution is -0.117. The molecule has 2 aromatic carbocycles. The van der Waals surface area contributed by atoms with Crippen LogP contribution in [0.1, 0.15) is 21.5 Å². The first-order chi connectivity index (χ1) is 11.1. The molecule has 0 bridgehead atoms. The number of carbonyl (C=O) groups is 2. The Labute approximate surface area is 134 Å². The Balaban J connectivity index is 1.65. The van der Waals surface area contributed by atoms with E-state index in [4.69, 9.17) is 4.74 Å². The number of hydrogen-bond donors (Lipinski definition) is 1. The van der Waals surface area contributed by atoms with E-state index < -0.39 is 0 Å². The Morgan fingerprint density at radius 1 is 1.22 bits per heavy atom. The number of anilines is 1. The average molecular weight is 310 g/mol. The van der Waals surface area contributed by atoms with Gasteiger partial charge in [-0.05, 0) is 41.5 Å². The zero-order valence-corrected chi connectivity index (χ0v) is 13.1. The van der Waals surface area contributed by atoms with Gasteiger partial charge in [0.05, 0.1) is 13.5 Å². The lowest BCUT2D eigenvalue weighted by Crippen LogP contribution is -2.22. The van der Waals surface area contributed by atoms with E-state index >= 15 is 0 Å². The van der Waals surface area contributed by atoms with Gasteiger partial charge in [0.2, 0.25) is 5.91 Å². The van der Waals surface area contributed by atoms with Gasteiger partial charge in [0.25, 0.3) is 5.91 Å². The topological polar surface area (TPSA) is 58.6 Å². The van der Waals surface area contributed by atoms with Crippen LogP contribution in [0, 0.1) is 0 Å². The largest absolute Gasteiger partial charge is 0.497 e. The van der Waals surface area contributed by atoms with Gasteiger partial charge >= 0.3 is 0 Å². The third kappa shape index (κ3) is 3.04. The third-order valence-electron chi connectivity index (χ3n) is 4.03. The van der Waals surface area contributed by atoms with E-state index in [2.05, 4.69) is 5.32 Å². The Hall–Kier alpha value is -2.82. The molecule has 1 aliphatic heterocycles.